The van der Waals surface area contributed by atoms with E-state index in [4.69, 9.17) is 9.15 Å². The molecule has 2 heterocycles. The molecule has 8 nitrogen and oxygen atoms in total. The zero-order chi connectivity index (χ0) is 22.8. The van der Waals surface area contributed by atoms with Gasteiger partial charge in [-0.2, -0.15) is 0 Å². The van der Waals surface area contributed by atoms with Gasteiger partial charge in [0.25, 0.3) is 5.89 Å². The lowest BCUT2D eigenvalue weighted by molar-refractivity contribution is 0.187. The van der Waals surface area contributed by atoms with E-state index in [0.29, 0.717) is 29.0 Å². The molecule has 0 saturated heterocycles. The molecule has 0 fully saturated rings. The number of hydrogen-bond acceptors (Lipinski definition) is 8. The third kappa shape index (κ3) is 4.75. The van der Waals surface area contributed by atoms with Crippen molar-refractivity contribution in [3.05, 3.63) is 59.8 Å². The molecule has 1 N–H and O–H groups in total. The Bertz CT molecular complexity index is 1320. The molecular formula is C22H23FN6O2S. The molecule has 0 spiro atoms. The van der Waals surface area contributed by atoms with Crippen molar-refractivity contribution in [2.75, 3.05) is 17.8 Å². The number of nitrogens with one attached hydrogen (secondary N) is 1. The minimum atomic E-state index is -0.566. The fourth-order valence-electron chi connectivity index (χ4n) is 3.27. The van der Waals surface area contributed by atoms with Crippen molar-refractivity contribution in [1.29, 1.82) is 0 Å². The van der Waals surface area contributed by atoms with Gasteiger partial charge in [0, 0.05) is 18.4 Å². The highest BCUT2D eigenvalue weighted by Crippen LogP contribution is 2.35. The van der Waals surface area contributed by atoms with Gasteiger partial charge in [-0.25, -0.2) is 18.7 Å². The molecule has 32 heavy (non-hydrogen) atoms. The summed E-state index contributed by atoms with van der Waals surface area (Å²) in [7, 11) is -0.0835. The van der Waals surface area contributed by atoms with Gasteiger partial charge in [-0.15, -0.1) is 20.9 Å². The third-order valence-electron chi connectivity index (χ3n) is 4.60. The summed E-state index contributed by atoms with van der Waals surface area (Å²) in [6, 6.07) is 8.20. The van der Waals surface area contributed by atoms with Gasteiger partial charge in [0.15, 0.2) is 6.10 Å². The molecule has 0 radical (unpaired) electrons. The van der Waals surface area contributed by atoms with Gasteiger partial charge >= 0.3 is 0 Å². The molecule has 2 aromatic heterocycles. The molecule has 0 aliphatic rings. The second kappa shape index (κ2) is 8.99. The van der Waals surface area contributed by atoms with Crippen molar-refractivity contribution in [1.82, 2.24) is 20.2 Å². The van der Waals surface area contributed by atoms with Crippen LogP contribution in [0.15, 0.2) is 45.4 Å². The third-order valence-corrected chi connectivity index (χ3v) is 5.17. The fraction of sp³-hybridized carbons (Fsp3) is 0.273. The average Bonchev–Trinajstić information content (AvgIpc) is 3.16. The zero-order valence-electron chi connectivity index (χ0n) is 18.4. The van der Waals surface area contributed by atoms with E-state index in [0.717, 1.165) is 22.2 Å². The molecule has 4 aromatic rings. The Kier molecular flexibility index (Phi) is 6.13. The summed E-state index contributed by atoms with van der Waals surface area (Å²) in [5, 5.41) is 11.9. The lowest BCUT2D eigenvalue weighted by Gasteiger charge is -2.17. The SMILES string of the molecule is Cc1nnc(C(C)Oc2cc(F)ccc2Nc2ncnc3cc(N=S(C)C)cc(C)c23)o1. The Labute approximate surface area is 187 Å². The fourth-order valence-corrected chi connectivity index (χ4v) is 3.80. The number of rotatable bonds is 6. The van der Waals surface area contributed by atoms with Crippen LogP contribution in [0.3, 0.4) is 0 Å². The Balaban J connectivity index is 1.71. The first-order chi connectivity index (χ1) is 15.3. The first-order valence-electron chi connectivity index (χ1n) is 9.88. The Morgan fingerprint density at radius 3 is 2.66 bits per heavy atom. The molecule has 0 amide bonds. The number of anilines is 2. The van der Waals surface area contributed by atoms with Crippen LogP contribution in [0.25, 0.3) is 10.9 Å². The van der Waals surface area contributed by atoms with Crippen LogP contribution >= 0.6 is 0 Å². The number of ether oxygens (including phenoxy) is 1. The van der Waals surface area contributed by atoms with Gasteiger partial charge in [-0.05, 0) is 56.2 Å². The van der Waals surface area contributed by atoms with Crippen LogP contribution in [-0.2, 0) is 10.7 Å². The summed E-state index contributed by atoms with van der Waals surface area (Å²) < 4.78 is 30.0. The normalized spacial score (nSPS) is 12.2. The predicted molar refractivity (Wildman–Crippen MR) is 123 cm³/mol. The van der Waals surface area contributed by atoms with E-state index in [1.807, 2.05) is 19.1 Å². The number of benzene rings is 2. The van der Waals surface area contributed by atoms with Crippen molar-refractivity contribution >= 4 is 38.8 Å². The Morgan fingerprint density at radius 1 is 1.12 bits per heavy atom. The molecule has 0 saturated carbocycles. The number of fused-ring (bicyclic) bond motifs is 1. The first-order valence-corrected chi connectivity index (χ1v) is 11.9. The summed E-state index contributed by atoms with van der Waals surface area (Å²) in [6.45, 7) is 5.44. The number of aryl methyl sites for hydroxylation is 2. The molecular weight excluding hydrogens is 431 g/mol. The van der Waals surface area contributed by atoms with Crippen molar-refractivity contribution < 1.29 is 13.5 Å². The molecule has 0 aliphatic carbocycles. The minimum Gasteiger partial charge on any atom is -0.479 e. The molecule has 0 bridgehead atoms. The second-order valence-corrected chi connectivity index (χ2v) is 9.16. The van der Waals surface area contributed by atoms with E-state index in [1.165, 1.54) is 18.5 Å². The highest BCUT2D eigenvalue weighted by molar-refractivity contribution is 7.85. The highest BCUT2D eigenvalue weighted by atomic mass is 32.2. The molecule has 1 unspecified atom stereocenters. The van der Waals surface area contributed by atoms with Gasteiger partial charge in [0.2, 0.25) is 5.89 Å². The van der Waals surface area contributed by atoms with E-state index < -0.39 is 11.9 Å². The average molecular weight is 455 g/mol. The van der Waals surface area contributed by atoms with Crippen LogP contribution in [0.1, 0.15) is 30.4 Å². The van der Waals surface area contributed by atoms with Gasteiger partial charge in [0.1, 0.15) is 23.7 Å². The molecule has 10 heteroatoms. The molecule has 0 aliphatic heterocycles. The lowest BCUT2D eigenvalue weighted by atomic mass is 10.1. The van der Waals surface area contributed by atoms with E-state index in [9.17, 15) is 4.39 Å². The summed E-state index contributed by atoms with van der Waals surface area (Å²) >= 11 is 0. The lowest BCUT2D eigenvalue weighted by Crippen LogP contribution is -2.06. The van der Waals surface area contributed by atoms with Crippen molar-refractivity contribution in [2.45, 2.75) is 26.9 Å². The molecule has 4 rings (SSSR count). The van der Waals surface area contributed by atoms with Crippen molar-refractivity contribution in [2.24, 2.45) is 4.36 Å². The summed E-state index contributed by atoms with van der Waals surface area (Å²) in [5.74, 6) is 1.20. The minimum absolute atomic E-state index is 0.0835. The van der Waals surface area contributed by atoms with Gasteiger partial charge in [0.05, 0.1) is 16.9 Å². The summed E-state index contributed by atoms with van der Waals surface area (Å²) in [5.41, 5.74) is 3.17. The zero-order valence-corrected chi connectivity index (χ0v) is 19.2. The van der Waals surface area contributed by atoms with Gasteiger partial charge < -0.3 is 14.5 Å². The monoisotopic (exact) mass is 454 g/mol. The maximum absolute atomic E-state index is 14.0. The van der Waals surface area contributed by atoms with Crippen LogP contribution in [0.4, 0.5) is 21.6 Å². The predicted octanol–water partition coefficient (Wildman–Crippen LogP) is 5.35. The maximum atomic E-state index is 14.0. The largest absolute Gasteiger partial charge is 0.479 e. The first kappa shape index (κ1) is 21.8. The second-order valence-electron chi connectivity index (χ2n) is 7.43. The Morgan fingerprint density at radius 2 is 1.94 bits per heavy atom. The van der Waals surface area contributed by atoms with E-state index in [-0.39, 0.29) is 10.7 Å². The van der Waals surface area contributed by atoms with Crippen LogP contribution in [-0.4, -0.2) is 32.7 Å². The topological polar surface area (TPSA) is 98.3 Å². The number of halogens is 1. The standard InChI is InChI=1S/C22H23FN6O2S/c1-12-8-16(29-32(4)5)10-18-20(12)21(25-11-24-18)26-17-7-6-15(23)9-19(17)30-13(2)22-28-27-14(3)31-22/h6-11,13H,1-5H3,(H,24,25,26). The highest BCUT2D eigenvalue weighted by Gasteiger charge is 2.18. The van der Waals surface area contributed by atoms with Gasteiger partial charge in [-0.3, -0.25) is 0 Å². The van der Waals surface area contributed by atoms with E-state index >= 15 is 0 Å². The quantitative estimate of drug-likeness (QED) is 0.419. The van der Waals surface area contributed by atoms with Crippen molar-refractivity contribution in [3.8, 4) is 5.75 Å². The molecule has 166 valence electrons. The van der Waals surface area contributed by atoms with Crippen LogP contribution in [0.2, 0.25) is 0 Å². The van der Waals surface area contributed by atoms with E-state index in [1.54, 1.807) is 19.9 Å². The molecule has 1 atom stereocenters. The van der Waals surface area contributed by atoms with Gasteiger partial charge in [-0.1, -0.05) is 0 Å². The number of aromatic nitrogens is 4. The van der Waals surface area contributed by atoms with E-state index in [2.05, 4.69) is 42.4 Å². The van der Waals surface area contributed by atoms with Crippen LogP contribution in [0, 0.1) is 19.7 Å². The number of nitrogens with zero attached hydrogens (tertiary/aromatic N) is 5. The van der Waals surface area contributed by atoms with Crippen LogP contribution in [0.5, 0.6) is 5.75 Å². The van der Waals surface area contributed by atoms with Crippen molar-refractivity contribution in [3.63, 3.8) is 0 Å². The molecule has 2 aromatic carbocycles. The Hall–Kier alpha value is -3.40. The maximum Gasteiger partial charge on any atom is 0.256 e. The summed E-state index contributed by atoms with van der Waals surface area (Å²) in [6.07, 6.45) is 5.03. The van der Waals surface area contributed by atoms with Crippen LogP contribution < -0.4 is 10.1 Å². The smallest absolute Gasteiger partial charge is 0.256 e. The summed E-state index contributed by atoms with van der Waals surface area (Å²) in [4.78, 5) is 8.83. The number of hydrogen-bond donors (Lipinski definition) is 1.